The van der Waals surface area contributed by atoms with Crippen LogP contribution in [0.25, 0.3) is 10.2 Å². The molecule has 3 heterocycles. The number of carbonyl (C=O) groups is 1. The van der Waals surface area contributed by atoms with Gasteiger partial charge < -0.3 is 4.90 Å². The number of amides is 1. The lowest BCUT2D eigenvalue weighted by Gasteiger charge is -2.35. The quantitative estimate of drug-likeness (QED) is 0.601. The molecule has 8 heteroatoms. The van der Waals surface area contributed by atoms with Gasteiger partial charge in [0.05, 0.1) is 12.1 Å². The second-order valence-corrected chi connectivity index (χ2v) is 8.95. The summed E-state index contributed by atoms with van der Waals surface area (Å²) < 4.78 is 3.09. The zero-order valence-corrected chi connectivity index (χ0v) is 18.4. The molecular weight excluding hydrogens is 422 g/mol. The average molecular weight is 446 g/mol. The molecule has 0 spiro atoms. The van der Waals surface area contributed by atoms with E-state index in [-0.39, 0.29) is 30.6 Å². The van der Waals surface area contributed by atoms with Gasteiger partial charge in [0.15, 0.2) is 0 Å². The van der Waals surface area contributed by atoms with Crippen molar-refractivity contribution in [3.63, 3.8) is 0 Å². The zero-order chi connectivity index (χ0) is 21.3. The Morgan fingerprint density at radius 1 is 1.17 bits per heavy atom. The van der Waals surface area contributed by atoms with Gasteiger partial charge in [0, 0.05) is 17.6 Å². The Labute approximate surface area is 183 Å². The smallest absolute Gasteiger partial charge is 0.332 e. The van der Waals surface area contributed by atoms with Crippen molar-refractivity contribution < 1.29 is 4.79 Å². The number of rotatable bonds is 5. The van der Waals surface area contributed by atoms with E-state index in [1.807, 2.05) is 11.0 Å². The maximum absolute atomic E-state index is 13.3. The molecule has 4 rings (SSSR count). The third kappa shape index (κ3) is 3.84. The third-order valence-corrected chi connectivity index (χ3v) is 7.10. The fourth-order valence-corrected chi connectivity index (χ4v) is 5.24. The molecule has 1 unspecified atom stereocenters. The van der Waals surface area contributed by atoms with Gasteiger partial charge in [-0.25, -0.2) is 4.79 Å². The van der Waals surface area contributed by atoms with E-state index in [4.69, 9.17) is 11.6 Å². The molecule has 0 aliphatic carbocycles. The lowest BCUT2D eigenvalue weighted by molar-refractivity contribution is -0.135. The summed E-state index contributed by atoms with van der Waals surface area (Å²) >= 11 is 7.53. The molecule has 1 aliphatic heterocycles. The minimum absolute atomic E-state index is 0.0641. The van der Waals surface area contributed by atoms with E-state index in [9.17, 15) is 14.4 Å². The molecule has 0 N–H and O–H groups in total. The first-order valence-electron chi connectivity index (χ1n) is 10.2. The van der Waals surface area contributed by atoms with Gasteiger partial charge in [-0.15, -0.1) is 11.3 Å². The van der Waals surface area contributed by atoms with Crippen molar-refractivity contribution in [1.29, 1.82) is 0 Å². The Kier molecular flexibility index (Phi) is 6.11. The number of benzene rings is 1. The molecule has 0 saturated carbocycles. The fraction of sp³-hybridized carbons (Fsp3) is 0.409. The summed E-state index contributed by atoms with van der Waals surface area (Å²) in [5.74, 6) is -0.0703. The largest absolute Gasteiger partial charge is 0.338 e. The Hall–Kier alpha value is -2.38. The van der Waals surface area contributed by atoms with Crippen LogP contribution in [0.5, 0.6) is 0 Å². The lowest BCUT2D eigenvalue weighted by atomic mass is 10.00. The molecule has 2 aromatic heterocycles. The van der Waals surface area contributed by atoms with Crippen molar-refractivity contribution in [2.75, 3.05) is 6.54 Å². The highest BCUT2D eigenvalue weighted by molar-refractivity contribution is 7.17. The zero-order valence-electron chi connectivity index (χ0n) is 16.8. The first-order valence-corrected chi connectivity index (χ1v) is 11.5. The SMILES string of the molecule is CCC1CCCCN1C(=O)Cn1c(=O)n(Cc2ccccc2Cl)c(=O)c2sccc21. The van der Waals surface area contributed by atoms with Crippen LogP contribution in [0, 0.1) is 0 Å². The van der Waals surface area contributed by atoms with Crippen LogP contribution in [-0.4, -0.2) is 32.5 Å². The number of thiophene rings is 1. The minimum Gasteiger partial charge on any atom is -0.338 e. The lowest BCUT2D eigenvalue weighted by Crippen LogP contribution is -2.47. The number of piperidine rings is 1. The average Bonchev–Trinajstić information content (AvgIpc) is 3.25. The fourth-order valence-electron chi connectivity index (χ4n) is 4.20. The maximum atomic E-state index is 13.3. The predicted octanol–water partition coefficient (Wildman–Crippen LogP) is 3.72. The topological polar surface area (TPSA) is 64.3 Å². The van der Waals surface area contributed by atoms with Crippen molar-refractivity contribution in [3.8, 4) is 0 Å². The van der Waals surface area contributed by atoms with Gasteiger partial charge in [-0.3, -0.25) is 18.7 Å². The van der Waals surface area contributed by atoms with Crippen LogP contribution >= 0.6 is 22.9 Å². The van der Waals surface area contributed by atoms with Crippen LogP contribution in [0.2, 0.25) is 5.02 Å². The maximum Gasteiger partial charge on any atom is 0.332 e. The van der Waals surface area contributed by atoms with Crippen LogP contribution in [0.1, 0.15) is 38.2 Å². The second kappa shape index (κ2) is 8.78. The molecule has 0 bridgehead atoms. The Bertz CT molecular complexity index is 1200. The number of nitrogens with zero attached hydrogens (tertiary/aromatic N) is 3. The van der Waals surface area contributed by atoms with Crippen molar-refractivity contribution in [3.05, 3.63) is 67.1 Å². The van der Waals surface area contributed by atoms with E-state index < -0.39 is 5.69 Å². The highest BCUT2D eigenvalue weighted by atomic mass is 35.5. The van der Waals surface area contributed by atoms with Crippen molar-refractivity contribution in [2.24, 2.45) is 0 Å². The van der Waals surface area contributed by atoms with E-state index in [2.05, 4.69) is 6.92 Å². The van der Waals surface area contributed by atoms with Crippen molar-refractivity contribution in [2.45, 2.75) is 51.7 Å². The van der Waals surface area contributed by atoms with Crippen LogP contribution < -0.4 is 11.2 Å². The molecule has 1 fully saturated rings. The van der Waals surface area contributed by atoms with Crippen molar-refractivity contribution in [1.82, 2.24) is 14.0 Å². The Morgan fingerprint density at radius 2 is 1.97 bits per heavy atom. The highest BCUT2D eigenvalue weighted by Gasteiger charge is 2.26. The molecule has 158 valence electrons. The summed E-state index contributed by atoms with van der Waals surface area (Å²) in [4.78, 5) is 41.3. The van der Waals surface area contributed by atoms with E-state index in [0.29, 0.717) is 20.8 Å². The minimum atomic E-state index is -0.482. The molecule has 1 saturated heterocycles. The van der Waals surface area contributed by atoms with Gasteiger partial charge in [0.1, 0.15) is 11.2 Å². The Morgan fingerprint density at radius 3 is 2.73 bits per heavy atom. The van der Waals surface area contributed by atoms with E-state index >= 15 is 0 Å². The summed E-state index contributed by atoms with van der Waals surface area (Å²) in [6.45, 7) is 2.81. The summed E-state index contributed by atoms with van der Waals surface area (Å²) in [7, 11) is 0. The van der Waals surface area contributed by atoms with Gasteiger partial charge in [-0.1, -0.05) is 36.7 Å². The molecular formula is C22H24ClN3O3S. The number of halogens is 1. The number of hydrogen-bond acceptors (Lipinski definition) is 4. The molecule has 0 radical (unpaired) electrons. The van der Waals surface area contributed by atoms with Gasteiger partial charge in [0.25, 0.3) is 5.56 Å². The molecule has 3 aromatic rings. The van der Waals surface area contributed by atoms with Crippen LogP contribution in [0.4, 0.5) is 0 Å². The third-order valence-electron chi connectivity index (χ3n) is 5.83. The normalized spacial score (nSPS) is 16.9. The number of hydrogen-bond donors (Lipinski definition) is 0. The number of aromatic nitrogens is 2. The molecule has 30 heavy (non-hydrogen) atoms. The van der Waals surface area contributed by atoms with Crippen molar-refractivity contribution >= 4 is 39.1 Å². The number of fused-ring (bicyclic) bond motifs is 1. The summed E-state index contributed by atoms with van der Waals surface area (Å²) in [5.41, 5.74) is 0.375. The van der Waals surface area contributed by atoms with Crippen LogP contribution in [0.15, 0.2) is 45.3 Å². The van der Waals surface area contributed by atoms with Gasteiger partial charge in [0.2, 0.25) is 5.91 Å². The highest BCUT2D eigenvalue weighted by Crippen LogP contribution is 2.21. The first-order chi connectivity index (χ1) is 14.5. The molecule has 6 nitrogen and oxygen atoms in total. The second-order valence-electron chi connectivity index (χ2n) is 7.63. The van der Waals surface area contributed by atoms with Crippen LogP contribution in [-0.2, 0) is 17.9 Å². The summed E-state index contributed by atoms with van der Waals surface area (Å²) in [5, 5.41) is 2.28. The van der Waals surface area contributed by atoms with Gasteiger partial charge in [-0.2, -0.15) is 0 Å². The first kappa shape index (κ1) is 20.9. The predicted molar refractivity (Wildman–Crippen MR) is 121 cm³/mol. The Balaban J connectivity index is 1.75. The van der Waals surface area contributed by atoms with E-state index in [1.54, 1.807) is 29.6 Å². The van der Waals surface area contributed by atoms with E-state index in [0.717, 1.165) is 32.2 Å². The van der Waals surface area contributed by atoms with E-state index in [1.165, 1.54) is 20.5 Å². The standard InChI is InChI=1S/C22H24ClN3O3S/c1-2-16-8-5-6-11-24(16)19(27)14-25-18-10-12-30-20(18)21(28)26(22(25)29)13-15-7-3-4-9-17(15)23/h3-4,7,9-10,12,16H,2,5-6,8,11,13-14H2,1H3. The number of carbonyl (C=O) groups excluding carboxylic acids is 1. The molecule has 1 atom stereocenters. The summed E-state index contributed by atoms with van der Waals surface area (Å²) in [6.07, 6.45) is 4.01. The monoisotopic (exact) mass is 445 g/mol. The number of likely N-dealkylation sites (tertiary alicyclic amines) is 1. The van der Waals surface area contributed by atoms with Gasteiger partial charge in [-0.05, 0) is 48.8 Å². The van der Waals surface area contributed by atoms with Gasteiger partial charge >= 0.3 is 5.69 Å². The van der Waals surface area contributed by atoms with Crippen LogP contribution in [0.3, 0.4) is 0 Å². The molecule has 1 aliphatic rings. The molecule has 1 aromatic carbocycles. The summed E-state index contributed by atoms with van der Waals surface area (Å²) in [6, 6.07) is 9.10. The molecule has 1 amide bonds.